The molecule has 3 nitrogen and oxygen atoms in total. The van der Waals surface area contributed by atoms with Crippen molar-refractivity contribution in [2.45, 2.75) is 50.0 Å². The summed E-state index contributed by atoms with van der Waals surface area (Å²) in [6.07, 6.45) is 9.80. The van der Waals surface area contributed by atoms with Crippen molar-refractivity contribution < 1.29 is 9.53 Å². The van der Waals surface area contributed by atoms with Crippen LogP contribution in [0.1, 0.15) is 39.0 Å². The predicted octanol–water partition coefficient (Wildman–Crippen LogP) is 4.18. The summed E-state index contributed by atoms with van der Waals surface area (Å²) in [7, 11) is 0. The summed E-state index contributed by atoms with van der Waals surface area (Å²) in [6.45, 7) is 2.49. The average molecular weight is 319 g/mol. The normalized spacial score (nSPS) is 15.8. The standard InChI is InChI=1S/C18H25NO2S/c1-14(21-16-8-10-17(22-2)11-9-16)18(20)19-13-12-15-6-4-3-5-7-15/h6,8-11,14H,3-5,7,12-13H2,1-2H3,(H,19,20). The Bertz CT molecular complexity index is 510. The number of benzene rings is 1. The summed E-state index contributed by atoms with van der Waals surface area (Å²) < 4.78 is 5.68. The SMILES string of the molecule is CSc1ccc(OC(C)C(=O)NCCC2=CCCCC2)cc1. The molecule has 1 aliphatic carbocycles. The van der Waals surface area contributed by atoms with Crippen molar-refractivity contribution in [2.24, 2.45) is 0 Å². The first kappa shape index (κ1) is 16.9. The molecule has 1 amide bonds. The summed E-state index contributed by atoms with van der Waals surface area (Å²) in [5, 5.41) is 2.96. The molecule has 1 aliphatic rings. The Morgan fingerprint density at radius 3 is 2.73 bits per heavy atom. The van der Waals surface area contributed by atoms with Crippen LogP contribution in [-0.4, -0.2) is 24.8 Å². The van der Waals surface area contributed by atoms with Crippen LogP contribution in [-0.2, 0) is 4.79 Å². The van der Waals surface area contributed by atoms with E-state index >= 15 is 0 Å². The Morgan fingerprint density at radius 1 is 1.32 bits per heavy atom. The lowest BCUT2D eigenvalue weighted by atomic mass is 9.97. The van der Waals surface area contributed by atoms with Gasteiger partial charge in [-0.2, -0.15) is 0 Å². The monoisotopic (exact) mass is 319 g/mol. The molecular weight excluding hydrogens is 294 g/mol. The van der Waals surface area contributed by atoms with Crippen LogP contribution in [0, 0.1) is 0 Å². The van der Waals surface area contributed by atoms with Gasteiger partial charge in [0.1, 0.15) is 5.75 Å². The maximum absolute atomic E-state index is 12.1. The molecular formula is C18H25NO2S. The third-order valence-electron chi connectivity index (χ3n) is 3.87. The van der Waals surface area contributed by atoms with Crippen molar-refractivity contribution in [3.63, 3.8) is 0 Å². The fraction of sp³-hybridized carbons (Fsp3) is 0.500. The zero-order valence-corrected chi connectivity index (χ0v) is 14.2. The summed E-state index contributed by atoms with van der Waals surface area (Å²) in [5.41, 5.74) is 1.48. The van der Waals surface area contributed by atoms with Gasteiger partial charge in [0.25, 0.3) is 5.91 Å². The van der Waals surface area contributed by atoms with Crippen LogP contribution in [0.5, 0.6) is 5.75 Å². The second-order valence-corrected chi connectivity index (χ2v) is 6.46. The van der Waals surface area contributed by atoms with Crippen molar-refractivity contribution in [1.82, 2.24) is 5.32 Å². The summed E-state index contributed by atoms with van der Waals surface area (Å²) in [4.78, 5) is 13.2. The first-order valence-electron chi connectivity index (χ1n) is 7.95. The van der Waals surface area contributed by atoms with Gasteiger partial charge in [0.2, 0.25) is 0 Å². The van der Waals surface area contributed by atoms with Gasteiger partial charge in [-0.05, 0) is 69.5 Å². The predicted molar refractivity (Wildman–Crippen MR) is 92.5 cm³/mol. The van der Waals surface area contributed by atoms with E-state index in [2.05, 4.69) is 11.4 Å². The Morgan fingerprint density at radius 2 is 2.09 bits per heavy atom. The van der Waals surface area contributed by atoms with Crippen LogP contribution in [0.4, 0.5) is 0 Å². The van der Waals surface area contributed by atoms with Crippen molar-refractivity contribution in [1.29, 1.82) is 0 Å². The first-order chi connectivity index (χ1) is 10.7. The maximum Gasteiger partial charge on any atom is 0.260 e. The quantitative estimate of drug-likeness (QED) is 0.605. The maximum atomic E-state index is 12.1. The van der Waals surface area contributed by atoms with Crippen molar-refractivity contribution in [2.75, 3.05) is 12.8 Å². The van der Waals surface area contributed by atoms with Crippen LogP contribution in [0.2, 0.25) is 0 Å². The molecule has 0 heterocycles. The number of hydrogen-bond acceptors (Lipinski definition) is 3. The minimum absolute atomic E-state index is 0.0506. The molecule has 120 valence electrons. The molecule has 0 aromatic heterocycles. The van der Waals surface area contributed by atoms with E-state index in [-0.39, 0.29) is 5.91 Å². The topological polar surface area (TPSA) is 38.3 Å². The molecule has 0 spiro atoms. The number of carbonyl (C=O) groups excluding carboxylic acids is 1. The Kier molecular flexibility index (Phi) is 6.84. The highest BCUT2D eigenvalue weighted by molar-refractivity contribution is 7.98. The number of carbonyl (C=O) groups is 1. The summed E-state index contributed by atoms with van der Waals surface area (Å²) in [6, 6.07) is 7.81. The fourth-order valence-electron chi connectivity index (χ4n) is 2.53. The van der Waals surface area contributed by atoms with Gasteiger partial charge in [0, 0.05) is 11.4 Å². The van der Waals surface area contributed by atoms with E-state index in [0.29, 0.717) is 6.54 Å². The molecule has 22 heavy (non-hydrogen) atoms. The fourth-order valence-corrected chi connectivity index (χ4v) is 2.94. The van der Waals surface area contributed by atoms with E-state index in [1.54, 1.807) is 18.7 Å². The van der Waals surface area contributed by atoms with Crippen LogP contribution in [0.3, 0.4) is 0 Å². The molecule has 1 aromatic rings. The van der Waals surface area contributed by atoms with Gasteiger partial charge >= 0.3 is 0 Å². The van der Waals surface area contributed by atoms with E-state index < -0.39 is 6.10 Å². The van der Waals surface area contributed by atoms with Gasteiger partial charge in [-0.1, -0.05) is 11.6 Å². The highest BCUT2D eigenvalue weighted by Gasteiger charge is 2.14. The molecule has 4 heteroatoms. The minimum atomic E-state index is -0.472. The van der Waals surface area contributed by atoms with Gasteiger partial charge in [0.15, 0.2) is 6.10 Å². The average Bonchev–Trinajstić information content (AvgIpc) is 2.56. The number of thioether (sulfide) groups is 1. The third kappa shape index (κ3) is 5.41. The molecule has 1 aromatic carbocycles. The lowest BCUT2D eigenvalue weighted by Crippen LogP contribution is -2.36. The second kappa shape index (κ2) is 8.89. The highest BCUT2D eigenvalue weighted by atomic mass is 32.2. The third-order valence-corrected chi connectivity index (χ3v) is 4.62. The highest BCUT2D eigenvalue weighted by Crippen LogP contribution is 2.20. The molecule has 1 atom stereocenters. The van der Waals surface area contributed by atoms with Gasteiger partial charge in [-0.3, -0.25) is 4.79 Å². The van der Waals surface area contributed by atoms with E-state index in [1.807, 2.05) is 30.5 Å². The zero-order valence-electron chi connectivity index (χ0n) is 13.4. The number of ether oxygens (including phenoxy) is 1. The lowest BCUT2D eigenvalue weighted by Gasteiger charge is -2.16. The minimum Gasteiger partial charge on any atom is -0.481 e. The Balaban J connectivity index is 1.72. The number of hydrogen-bond donors (Lipinski definition) is 1. The lowest BCUT2D eigenvalue weighted by molar-refractivity contribution is -0.127. The molecule has 1 unspecified atom stereocenters. The van der Waals surface area contributed by atoms with Gasteiger partial charge < -0.3 is 10.1 Å². The van der Waals surface area contributed by atoms with Crippen molar-refractivity contribution >= 4 is 17.7 Å². The smallest absolute Gasteiger partial charge is 0.260 e. The van der Waals surface area contributed by atoms with Gasteiger partial charge in [-0.25, -0.2) is 0 Å². The van der Waals surface area contributed by atoms with Gasteiger partial charge in [-0.15, -0.1) is 11.8 Å². The van der Waals surface area contributed by atoms with E-state index in [1.165, 1.54) is 36.2 Å². The number of nitrogens with one attached hydrogen (secondary N) is 1. The molecule has 0 fully saturated rings. The largest absolute Gasteiger partial charge is 0.481 e. The Labute approximate surface area is 137 Å². The molecule has 0 radical (unpaired) electrons. The van der Waals surface area contributed by atoms with E-state index in [0.717, 1.165) is 12.2 Å². The van der Waals surface area contributed by atoms with Crippen LogP contribution < -0.4 is 10.1 Å². The molecule has 0 saturated heterocycles. The first-order valence-corrected chi connectivity index (χ1v) is 9.18. The zero-order chi connectivity index (χ0) is 15.8. The molecule has 0 aliphatic heterocycles. The molecule has 0 saturated carbocycles. The summed E-state index contributed by atoms with van der Waals surface area (Å²) in [5.74, 6) is 0.681. The van der Waals surface area contributed by atoms with Crippen LogP contribution >= 0.6 is 11.8 Å². The number of rotatable bonds is 7. The summed E-state index contributed by atoms with van der Waals surface area (Å²) >= 11 is 1.69. The van der Waals surface area contributed by atoms with Crippen molar-refractivity contribution in [3.8, 4) is 5.75 Å². The number of allylic oxidation sites excluding steroid dienone is 1. The molecule has 1 N–H and O–H groups in total. The second-order valence-electron chi connectivity index (χ2n) is 5.58. The van der Waals surface area contributed by atoms with Gasteiger partial charge in [0.05, 0.1) is 0 Å². The number of amides is 1. The van der Waals surface area contributed by atoms with Crippen LogP contribution in [0.25, 0.3) is 0 Å². The van der Waals surface area contributed by atoms with Crippen LogP contribution in [0.15, 0.2) is 40.8 Å². The van der Waals surface area contributed by atoms with E-state index in [4.69, 9.17) is 4.74 Å². The Hall–Kier alpha value is -1.42. The molecule has 2 rings (SSSR count). The van der Waals surface area contributed by atoms with Crippen molar-refractivity contribution in [3.05, 3.63) is 35.9 Å². The van der Waals surface area contributed by atoms with E-state index in [9.17, 15) is 4.79 Å². The molecule has 0 bridgehead atoms.